The van der Waals surface area contributed by atoms with Crippen LogP contribution in [-0.4, -0.2) is 35.3 Å². The zero-order valence-electron chi connectivity index (χ0n) is 10.7. The van der Waals surface area contributed by atoms with Crippen molar-refractivity contribution in [3.05, 3.63) is 35.4 Å². The summed E-state index contributed by atoms with van der Waals surface area (Å²) in [6, 6.07) is 2.69. The van der Waals surface area contributed by atoms with Crippen LogP contribution in [0, 0.1) is 11.6 Å². The van der Waals surface area contributed by atoms with Crippen molar-refractivity contribution in [3.8, 4) is 0 Å². The largest absolute Gasteiger partial charge is 0.352 e. The van der Waals surface area contributed by atoms with Crippen LogP contribution in [0.25, 0.3) is 0 Å². The van der Waals surface area contributed by atoms with Crippen LogP contribution in [0.1, 0.15) is 24.2 Å². The summed E-state index contributed by atoms with van der Waals surface area (Å²) < 4.78 is 26.7. The number of piperazine rings is 1. The van der Waals surface area contributed by atoms with Crippen molar-refractivity contribution in [2.24, 2.45) is 0 Å². The first-order valence-electron chi connectivity index (χ1n) is 5.89. The number of hydrogen-bond acceptors (Lipinski definition) is 2. The minimum absolute atomic E-state index is 0.257. The molecule has 0 bridgehead atoms. The van der Waals surface area contributed by atoms with Crippen molar-refractivity contribution >= 4 is 11.8 Å². The Morgan fingerprint density at radius 3 is 2.74 bits per heavy atom. The van der Waals surface area contributed by atoms with Crippen LogP contribution in [-0.2, 0) is 4.79 Å². The van der Waals surface area contributed by atoms with Crippen LogP contribution < -0.4 is 5.32 Å². The number of carbonyl (C=O) groups excluding carboxylic acids is 2. The molecule has 0 radical (unpaired) electrons. The van der Waals surface area contributed by atoms with Gasteiger partial charge in [-0.05, 0) is 32.0 Å². The van der Waals surface area contributed by atoms with Gasteiger partial charge in [0.05, 0.1) is 5.56 Å². The van der Waals surface area contributed by atoms with Gasteiger partial charge in [0.1, 0.15) is 17.2 Å². The monoisotopic (exact) mass is 268 g/mol. The van der Waals surface area contributed by atoms with E-state index in [4.69, 9.17) is 0 Å². The highest BCUT2D eigenvalue weighted by molar-refractivity contribution is 5.99. The Bertz CT molecular complexity index is 543. The molecule has 0 unspecified atom stereocenters. The van der Waals surface area contributed by atoms with E-state index < -0.39 is 23.1 Å². The summed E-state index contributed by atoms with van der Waals surface area (Å²) in [5.74, 6) is -2.49. The highest BCUT2D eigenvalue weighted by Gasteiger charge is 2.41. The second kappa shape index (κ2) is 4.60. The molecule has 0 saturated carbocycles. The molecule has 0 atom stereocenters. The standard InChI is InChI=1S/C13H14F2N2O2/c1-13(2)12(19)16-5-6-17(13)11(18)9-7-8(14)3-4-10(9)15/h3-4,7H,5-6H2,1-2H3,(H,16,19). The van der Waals surface area contributed by atoms with E-state index in [1.807, 2.05) is 0 Å². The van der Waals surface area contributed by atoms with Gasteiger partial charge in [-0.1, -0.05) is 0 Å². The summed E-state index contributed by atoms with van der Waals surface area (Å²) in [5, 5.41) is 2.63. The first-order valence-corrected chi connectivity index (χ1v) is 5.89. The lowest BCUT2D eigenvalue weighted by molar-refractivity contribution is -0.133. The normalized spacial score (nSPS) is 18.1. The number of benzene rings is 1. The van der Waals surface area contributed by atoms with Crippen molar-refractivity contribution < 1.29 is 18.4 Å². The quantitative estimate of drug-likeness (QED) is 0.835. The second-order valence-corrected chi connectivity index (χ2v) is 4.90. The third-order valence-electron chi connectivity index (χ3n) is 3.26. The molecule has 1 N–H and O–H groups in total. The minimum atomic E-state index is -1.09. The van der Waals surface area contributed by atoms with Crippen molar-refractivity contribution in [1.82, 2.24) is 10.2 Å². The average Bonchev–Trinajstić information content (AvgIpc) is 2.35. The van der Waals surface area contributed by atoms with Gasteiger partial charge < -0.3 is 10.2 Å². The second-order valence-electron chi connectivity index (χ2n) is 4.90. The van der Waals surface area contributed by atoms with Gasteiger partial charge in [-0.2, -0.15) is 0 Å². The molecule has 1 saturated heterocycles. The maximum atomic E-state index is 13.6. The molecule has 4 nitrogen and oxygen atoms in total. The maximum absolute atomic E-state index is 13.6. The van der Waals surface area contributed by atoms with E-state index in [0.717, 1.165) is 18.2 Å². The average molecular weight is 268 g/mol. The van der Waals surface area contributed by atoms with Crippen LogP contribution in [0.5, 0.6) is 0 Å². The van der Waals surface area contributed by atoms with Crippen LogP contribution >= 0.6 is 0 Å². The minimum Gasteiger partial charge on any atom is -0.352 e. The lowest BCUT2D eigenvalue weighted by Gasteiger charge is -2.41. The summed E-state index contributed by atoms with van der Waals surface area (Å²) in [4.78, 5) is 25.3. The van der Waals surface area contributed by atoms with E-state index >= 15 is 0 Å². The Kier molecular flexibility index (Phi) is 3.26. The molecule has 1 aliphatic rings. The lowest BCUT2D eigenvalue weighted by atomic mass is 9.97. The first kappa shape index (κ1) is 13.5. The SMILES string of the molecule is CC1(C)C(=O)NCCN1C(=O)c1cc(F)ccc1F. The molecule has 6 heteroatoms. The Morgan fingerprint density at radius 1 is 1.37 bits per heavy atom. The number of amides is 2. The Morgan fingerprint density at radius 2 is 2.05 bits per heavy atom. The molecular formula is C13H14F2N2O2. The molecule has 1 aromatic carbocycles. The summed E-state index contributed by atoms with van der Waals surface area (Å²) in [6.45, 7) is 3.69. The Balaban J connectivity index is 2.38. The van der Waals surface area contributed by atoms with Crippen molar-refractivity contribution in [3.63, 3.8) is 0 Å². The van der Waals surface area contributed by atoms with E-state index in [1.54, 1.807) is 13.8 Å². The molecule has 1 aliphatic heterocycles. The fraction of sp³-hybridized carbons (Fsp3) is 0.385. The van der Waals surface area contributed by atoms with Gasteiger partial charge in [0.15, 0.2) is 0 Å². The van der Waals surface area contributed by atoms with Crippen molar-refractivity contribution in [2.75, 3.05) is 13.1 Å². The molecular weight excluding hydrogens is 254 g/mol. The van der Waals surface area contributed by atoms with E-state index in [2.05, 4.69) is 5.32 Å². The number of hydrogen-bond donors (Lipinski definition) is 1. The molecule has 2 rings (SSSR count). The Hall–Kier alpha value is -1.98. The third kappa shape index (κ3) is 2.30. The van der Waals surface area contributed by atoms with Gasteiger partial charge >= 0.3 is 0 Å². The summed E-state index contributed by atoms with van der Waals surface area (Å²) in [6.07, 6.45) is 0. The number of nitrogens with zero attached hydrogens (tertiary/aromatic N) is 1. The van der Waals surface area contributed by atoms with Gasteiger partial charge in [-0.15, -0.1) is 0 Å². The zero-order chi connectivity index (χ0) is 14.2. The van der Waals surface area contributed by atoms with E-state index in [0.29, 0.717) is 6.54 Å². The molecule has 102 valence electrons. The molecule has 0 aromatic heterocycles. The smallest absolute Gasteiger partial charge is 0.257 e. The molecule has 19 heavy (non-hydrogen) atoms. The van der Waals surface area contributed by atoms with Gasteiger partial charge in [-0.25, -0.2) is 8.78 Å². The zero-order valence-corrected chi connectivity index (χ0v) is 10.7. The first-order chi connectivity index (χ1) is 8.84. The van der Waals surface area contributed by atoms with Crippen LogP contribution in [0.3, 0.4) is 0 Å². The molecule has 0 aliphatic carbocycles. The molecule has 1 fully saturated rings. The highest BCUT2D eigenvalue weighted by atomic mass is 19.1. The van der Waals surface area contributed by atoms with Gasteiger partial charge in [-0.3, -0.25) is 9.59 Å². The fourth-order valence-corrected chi connectivity index (χ4v) is 2.06. The topological polar surface area (TPSA) is 49.4 Å². The molecule has 0 spiro atoms. The highest BCUT2D eigenvalue weighted by Crippen LogP contribution is 2.22. The van der Waals surface area contributed by atoms with Crippen molar-refractivity contribution in [1.29, 1.82) is 0 Å². The van der Waals surface area contributed by atoms with Crippen LogP contribution in [0.15, 0.2) is 18.2 Å². The number of rotatable bonds is 1. The molecule has 1 heterocycles. The van der Waals surface area contributed by atoms with E-state index in [1.165, 1.54) is 4.90 Å². The Labute approximate surface area is 109 Å². The fourth-order valence-electron chi connectivity index (χ4n) is 2.06. The van der Waals surface area contributed by atoms with Crippen molar-refractivity contribution in [2.45, 2.75) is 19.4 Å². The van der Waals surface area contributed by atoms with Gasteiger partial charge in [0.2, 0.25) is 5.91 Å². The van der Waals surface area contributed by atoms with Gasteiger partial charge in [0.25, 0.3) is 5.91 Å². The molecule has 1 aromatic rings. The van der Waals surface area contributed by atoms with Crippen LogP contribution in [0.2, 0.25) is 0 Å². The predicted molar refractivity (Wildman–Crippen MR) is 64.5 cm³/mol. The third-order valence-corrected chi connectivity index (χ3v) is 3.26. The predicted octanol–water partition coefficient (Wildman–Crippen LogP) is 1.32. The van der Waals surface area contributed by atoms with E-state index in [9.17, 15) is 18.4 Å². The lowest BCUT2D eigenvalue weighted by Crippen LogP contribution is -2.63. The van der Waals surface area contributed by atoms with Crippen LogP contribution in [0.4, 0.5) is 8.78 Å². The summed E-state index contributed by atoms with van der Waals surface area (Å²) in [5.41, 5.74) is -1.45. The number of halogens is 2. The van der Waals surface area contributed by atoms with E-state index in [-0.39, 0.29) is 18.0 Å². The summed E-state index contributed by atoms with van der Waals surface area (Å²) >= 11 is 0. The maximum Gasteiger partial charge on any atom is 0.257 e. The molecule has 2 amide bonds. The number of carbonyl (C=O) groups is 2. The number of nitrogens with one attached hydrogen (secondary N) is 1. The summed E-state index contributed by atoms with van der Waals surface area (Å²) in [7, 11) is 0. The van der Waals surface area contributed by atoms with Gasteiger partial charge in [0, 0.05) is 13.1 Å².